The minimum Gasteiger partial charge on any atom is -0.499 e. The van der Waals surface area contributed by atoms with Crippen LogP contribution in [0.5, 0.6) is 5.75 Å². The van der Waals surface area contributed by atoms with Crippen molar-refractivity contribution in [2.75, 3.05) is 30.5 Å². The fraction of sp³-hybridized carbons (Fsp3) is 0.208. The van der Waals surface area contributed by atoms with Crippen LogP contribution in [0.25, 0.3) is 5.69 Å². The molecule has 0 spiro atoms. The van der Waals surface area contributed by atoms with Gasteiger partial charge in [0, 0.05) is 18.5 Å². The third-order valence-electron chi connectivity index (χ3n) is 5.20. The lowest BCUT2D eigenvalue weighted by Gasteiger charge is -2.30. The highest BCUT2D eigenvalue weighted by Gasteiger charge is 2.30. The molecule has 1 unspecified atom stereocenters. The van der Waals surface area contributed by atoms with Crippen LogP contribution in [0.15, 0.2) is 67.3 Å². The highest BCUT2D eigenvalue weighted by atomic mass is 19.1. The van der Waals surface area contributed by atoms with E-state index < -0.39 is 17.9 Å². The molecule has 3 aromatic rings. The summed E-state index contributed by atoms with van der Waals surface area (Å²) in [5.74, 6) is -0.102. The summed E-state index contributed by atoms with van der Waals surface area (Å²) in [6.45, 7) is 1.63. The van der Waals surface area contributed by atoms with Gasteiger partial charge in [0.05, 0.1) is 37.0 Å². The Balaban J connectivity index is 1.60. The number of carbonyl (C=O) groups excluding carboxylic acids is 2. The fourth-order valence-electron chi connectivity index (χ4n) is 3.57. The number of amides is 3. The number of hydrogen-bond donors (Lipinski definition) is 2. The number of nitrogens with one attached hydrogen (secondary N) is 2. The van der Waals surface area contributed by atoms with Crippen molar-refractivity contribution in [1.29, 1.82) is 0 Å². The molecule has 3 heterocycles. The van der Waals surface area contributed by atoms with Crippen LogP contribution in [0.4, 0.5) is 20.7 Å². The molecule has 0 saturated carbocycles. The molecule has 0 saturated heterocycles. The van der Waals surface area contributed by atoms with Crippen LogP contribution in [0.1, 0.15) is 18.5 Å². The van der Waals surface area contributed by atoms with Crippen LogP contribution in [0, 0.1) is 5.82 Å². The number of ether oxygens (including phenoxy) is 2. The second kappa shape index (κ2) is 10.1. The van der Waals surface area contributed by atoms with Crippen molar-refractivity contribution in [3.8, 4) is 11.4 Å². The van der Waals surface area contributed by atoms with Gasteiger partial charge >= 0.3 is 6.03 Å². The van der Waals surface area contributed by atoms with Crippen molar-refractivity contribution in [1.82, 2.24) is 14.9 Å². The topological polar surface area (TPSA) is 97.7 Å². The summed E-state index contributed by atoms with van der Waals surface area (Å²) in [5.41, 5.74) is 1.25. The van der Waals surface area contributed by atoms with Crippen LogP contribution in [-0.2, 0) is 9.53 Å². The molecule has 176 valence electrons. The third-order valence-corrected chi connectivity index (χ3v) is 5.20. The maximum Gasteiger partial charge on any atom is 0.324 e. The lowest BCUT2D eigenvalue weighted by molar-refractivity contribution is -0.115. The van der Waals surface area contributed by atoms with E-state index in [-0.39, 0.29) is 24.9 Å². The Bertz CT molecular complexity index is 1210. The normalized spacial score (nSPS) is 13.9. The number of hydrogen-bond acceptors (Lipinski definition) is 5. The number of pyridine rings is 1. The average molecular weight is 465 g/mol. The Morgan fingerprint density at radius 3 is 2.82 bits per heavy atom. The molecule has 0 aliphatic carbocycles. The number of benzene rings is 1. The highest BCUT2D eigenvalue weighted by molar-refractivity contribution is 6.08. The number of fused-ring (bicyclic) bond motifs is 1. The molecular formula is C24H24FN5O4. The van der Waals surface area contributed by atoms with E-state index in [1.54, 1.807) is 60.3 Å². The lowest BCUT2D eigenvalue weighted by atomic mass is 10.1. The van der Waals surface area contributed by atoms with Crippen molar-refractivity contribution in [2.24, 2.45) is 0 Å². The minimum absolute atomic E-state index is 0.0569. The van der Waals surface area contributed by atoms with Gasteiger partial charge in [-0.05, 0) is 36.8 Å². The zero-order chi connectivity index (χ0) is 24.1. The number of allylic oxidation sites excluding steroid dienone is 1. The number of nitrogens with zero attached hydrogens (tertiary/aromatic N) is 3. The Labute approximate surface area is 195 Å². The van der Waals surface area contributed by atoms with E-state index in [1.165, 1.54) is 30.5 Å². The monoisotopic (exact) mass is 465 g/mol. The van der Waals surface area contributed by atoms with E-state index in [1.807, 2.05) is 0 Å². The first-order valence-corrected chi connectivity index (χ1v) is 10.6. The van der Waals surface area contributed by atoms with Crippen LogP contribution < -0.4 is 20.3 Å². The van der Waals surface area contributed by atoms with Crippen LogP contribution in [-0.4, -0.2) is 41.8 Å². The molecule has 34 heavy (non-hydrogen) atoms. The summed E-state index contributed by atoms with van der Waals surface area (Å²) < 4.78 is 27.2. The Hall–Kier alpha value is -4.34. The van der Waals surface area contributed by atoms with Gasteiger partial charge in [0.15, 0.2) is 5.82 Å². The lowest BCUT2D eigenvalue weighted by Crippen LogP contribution is -2.49. The summed E-state index contributed by atoms with van der Waals surface area (Å²) >= 11 is 0. The highest BCUT2D eigenvalue weighted by Crippen LogP contribution is 2.31. The van der Waals surface area contributed by atoms with Crippen molar-refractivity contribution in [3.05, 3.63) is 78.7 Å². The first kappa shape index (κ1) is 22.8. The van der Waals surface area contributed by atoms with Gasteiger partial charge in [-0.3, -0.25) is 9.69 Å². The van der Waals surface area contributed by atoms with Gasteiger partial charge in [0.25, 0.3) is 0 Å². The van der Waals surface area contributed by atoms with Crippen LogP contribution >= 0.6 is 0 Å². The van der Waals surface area contributed by atoms with E-state index in [0.717, 1.165) is 0 Å². The number of halogens is 1. The molecular weight excluding hydrogens is 441 g/mol. The maximum absolute atomic E-state index is 14.9. The molecule has 1 aliphatic rings. The largest absolute Gasteiger partial charge is 0.499 e. The first-order chi connectivity index (χ1) is 16.5. The first-order valence-electron chi connectivity index (χ1n) is 10.6. The number of carbonyl (C=O) groups is 2. The smallest absolute Gasteiger partial charge is 0.324 e. The Kier molecular flexibility index (Phi) is 6.77. The molecule has 1 aromatic carbocycles. The quantitative estimate of drug-likeness (QED) is 0.518. The number of aromatic nitrogens is 2. The molecule has 0 radical (unpaired) electrons. The minimum atomic E-state index is -0.691. The second-order valence-corrected chi connectivity index (χ2v) is 7.49. The Morgan fingerprint density at radius 2 is 2.12 bits per heavy atom. The third kappa shape index (κ3) is 4.85. The zero-order valence-corrected chi connectivity index (χ0v) is 18.7. The average Bonchev–Trinajstić information content (AvgIpc) is 3.37. The van der Waals surface area contributed by atoms with Gasteiger partial charge in [-0.15, -0.1) is 0 Å². The van der Waals surface area contributed by atoms with Gasteiger partial charge < -0.3 is 24.7 Å². The van der Waals surface area contributed by atoms with Crippen molar-refractivity contribution in [3.63, 3.8) is 0 Å². The molecule has 0 bridgehead atoms. The number of urea groups is 1. The van der Waals surface area contributed by atoms with E-state index in [4.69, 9.17) is 9.47 Å². The van der Waals surface area contributed by atoms with Gasteiger partial charge in [0.1, 0.15) is 24.7 Å². The molecule has 2 N–H and O–H groups in total. The molecule has 4 rings (SSSR count). The summed E-state index contributed by atoms with van der Waals surface area (Å²) in [6, 6.07) is 8.65. The number of anilines is 2. The molecule has 2 aromatic heterocycles. The fourth-order valence-corrected chi connectivity index (χ4v) is 3.57. The molecule has 10 heteroatoms. The van der Waals surface area contributed by atoms with Gasteiger partial charge in [-0.25, -0.2) is 14.2 Å². The van der Waals surface area contributed by atoms with Gasteiger partial charge in [-0.1, -0.05) is 12.1 Å². The van der Waals surface area contributed by atoms with E-state index in [9.17, 15) is 14.0 Å². The van der Waals surface area contributed by atoms with Crippen LogP contribution in [0.3, 0.4) is 0 Å². The molecule has 1 atom stereocenters. The molecule has 1 aliphatic heterocycles. The summed E-state index contributed by atoms with van der Waals surface area (Å²) in [7, 11) is 1.48. The second-order valence-electron chi connectivity index (χ2n) is 7.49. The number of methoxy groups -OCH3 is 1. The summed E-state index contributed by atoms with van der Waals surface area (Å²) in [6.07, 6.45) is 8.14. The van der Waals surface area contributed by atoms with E-state index in [2.05, 4.69) is 15.6 Å². The van der Waals surface area contributed by atoms with Crippen LogP contribution in [0.2, 0.25) is 0 Å². The predicted octanol–water partition coefficient (Wildman–Crippen LogP) is 3.78. The van der Waals surface area contributed by atoms with E-state index >= 15 is 0 Å². The SMILES string of the molecule is C/C=C/OCC(NC(=O)N1CC(=O)Nc2cc(OC)cnc21)c1ccc(-n2cccc2)c(F)c1. The van der Waals surface area contributed by atoms with Crippen molar-refractivity contribution < 1.29 is 23.5 Å². The van der Waals surface area contributed by atoms with Crippen molar-refractivity contribution in [2.45, 2.75) is 13.0 Å². The molecule has 0 fully saturated rings. The Morgan fingerprint density at radius 1 is 1.32 bits per heavy atom. The zero-order valence-electron chi connectivity index (χ0n) is 18.7. The van der Waals surface area contributed by atoms with Gasteiger partial charge in [0.2, 0.25) is 5.91 Å². The van der Waals surface area contributed by atoms with E-state index in [0.29, 0.717) is 22.7 Å². The molecule has 9 nitrogen and oxygen atoms in total. The standard InChI is InChI=1S/C24H24FN5O4/c1-3-10-34-15-20(16-6-7-21(18(25)11-16)29-8-4-5-9-29)28-24(32)30-14-22(31)27-19-12-17(33-2)13-26-23(19)30/h3-13,20H,14-15H2,1-2H3,(H,27,31)(H,28,32)/b10-3+. The number of rotatable bonds is 7. The maximum atomic E-state index is 14.9. The molecule has 3 amide bonds. The summed E-state index contributed by atoms with van der Waals surface area (Å²) in [5, 5.41) is 5.52. The van der Waals surface area contributed by atoms with Gasteiger partial charge in [-0.2, -0.15) is 0 Å². The van der Waals surface area contributed by atoms with Crippen molar-refractivity contribution >= 4 is 23.4 Å². The predicted molar refractivity (Wildman–Crippen MR) is 125 cm³/mol. The summed E-state index contributed by atoms with van der Waals surface area (Å²) in [4.78, 5) is 30.9.